The van der Waals surface area contributed by atoms with Crippen LogP contribution in [0.3, 0.4) is 0 Å². The van der Waals surface area contributed by atoms with E-state index in [1.807, 2.05) is 11.4 Å². The van der Waals surface area contributed by atoms with Gasteiger partial charge in [-0.15, -0.1) is 11.3 Å². The second kappa shape index (κ2) is 6.31. The fraction of sp³-hybridized carbons (Fsp3) is 0.615. The molecule has 1 aromatic rings. The van der Waals surface area contributed by atoms with E-state index < -0.39 is 0 Å². The molecule has 1 aromatic heterocycles. The van der Waals surface area contributed by atoms with Gasteiger partial charge >= 0.3 is 5.97 Å². The maximum atomic E-state index is 11.5. The maximum absolute atomic E-state index is 11.5. The third kappa shape index (κ3) is 3.54. The minimum absolute atomic E-state index is 0.0777. The first-order valence-corrected chi connectivity index (χ1v) is 7.12. The van der Waals surface area contributed by atoms with E-state index in [4.69, 9.17) is 4.74 Å². The lowest BCUT2D eigenvalue weighted by Gasteiger charge is -2.21. The molecule has 2 atom stereocenters. The minimum atomic E-state index is -0.160. The molecule has 0 bridgehead atoms. The molecule has 1 aliphatic rings. The molecule has 0 aromatic carbocycles. The Morgan fingerprint density at radius 3 is 3.11 bits per heavy atom. The van der Waals surface area contributed by atoms with Crippen LogP contribution in [0, 0.1) is 0 Å². The Morgan fingerprint density at radius 1 is 1.72 bits per heavy atom. The Hall–Kier alpha value is -0.910. The van der Waals surface area contributed by atoms with Crippen LogP contribution in [0.25, 0.3) is 0 Å². The van der Waals surface area contributed by atoms with Gasteiger partial charge in [0, 0.05) is 17.5 Å². The first-order valence-electron chi connectivity index (χ1n) is 6.24. The normalized spacial score (nSPS) is 22.0. The summed E-state index contributed by atoms with van der Waals surface area (Å²) < 4.78 is 4.78. The summed E-state index contributed by atoms with van der Waals surface area (Å²) in [5, 5.41) is 5.63. The number of likely N-dealkylation sites (tertiary alicyclic amines) is 1. The Labute approximate surface area is 112 Å². The lowest BCUT2D eigenvalue weighted by Crippen LogP contribution is -2.35. The predicted molar refractivity (Wildman–Crippen MR) is 72.7 cm³/mol. The van der Waals surface area contributed by atoms with E-state index in [0.717, 1.165) is 19.5 Å². The number of hydrogen-bond acceptors (Lipinski definition) is 5. The third-order valence-corrected chi connectivity index (χ3v) is 4.30. The maximum Gasteiger partial charge on any atom is 0.307 e. The highest BCUT2D eigenvalue weighted by Gasteiger charge is 2.25. The molecule has 1 aliphatic heterocycles. The van der Waals surface area contributed by atoms with Gasteiger partial charge < -0.3 is 15.0 Å². The van der Waals surface area contributed by atoms with Gasteiger partial charge in [0.05, 0.1) is 19.6 Å². The molecule has 18 heavy (non-hydrogen) atoms. The van der Waals surface area contributed by atoms with Gasteiger partial charge in [-0.25, -0.2) is 0 Å². The fourth-order valence-corrected chi connectivity index (χ4v) is 3.12. The third-order valence-electron chi connectivity index (χ3n) is 3.31. The summed E-state index contributed by atoms with van der Waals surface area (Å²) in [4.78, 5) is 15.0. The van der Waals surface area contributed by atoms with Crippen LogP contribution in [0.5, 0.6) is 0 Å². The summed E-state index contributed by atoms with van der Waals surface area (Å²) in [6.45, 7) is 2.16. The molecule has 0 aliphatic carbocycles. The first-order chi connectivity index (χ1) is 8.69. The van der Waals surface area contributed by atoms with E-state index in [1.165, 1.54) is 12.0 Å². The second-order valence-corrected chi connectivity index (χ2v) is 5.74. The van der Waals surface area contributed by atoms with Gasteiger partial charge in [-0.1, -0.05) is 6.07 Å². The molecule has 5 heteroatoms. The van der Waals surface area contributed by atoms with Crippen LogP contribution in [0.15, 0.2) is 17.5 Å². The number of nitrogens with one attached hydrogen (secondary N) is 1. The Morgan fingerprint density at radius 2 is 2.56 bits per heavy atom. The van der Waals surface area contributed by atoms with Gasteiger partial charge in [-0.3, -0.25) is 4.79 Å². The van der Waals surface area contributed by atoms with Gasteiger partial charge in [0.25, 0.3) is 0 Å². The van der Waals surface area contributed by atoms with E-state index in [9.17, 15) is 4.79 Å². The molecule has 2 unspecified atom stereocenters. The summed E-state index contributed by atoms with van der Waals surface area (Å²) in [6.07, 6.45) is 1.54. The summed E-state index contributed by atoms with van der Waals surface area (Å²) in [6, 6.07) is 4.64. The minimum Gasteiger partial charge on any atom is -0.469 e. The second-order valence-electron chi connectivity index (χ2n) is 4.76. The number of esters is 1. The van der Waals surface area contributed by atoms with Gasteiger partial charge in [-0.05, 0) is 31.5 Å². The van der Waals surface area contributed by atoms with Crippen molar-refractivity contribution in [1.82, 2.24) is 10.2 Å². The fourth-order valence-electron chi connectivity index (χ4n) is 2.34. The van der Waals surface area contributed by atoms with Crippen molar-refractivity contribution < 1.29 is 9.53 Å². The van der Waals surface area contributed by atoms with Crippen LogP contribution in [0.4, 0.5) is 0 Å². The van der Waals surface area contributed by atoms with Gasteiger partial charge in [0.1, 0.15) is 0 Å². The average Bonchev–Trinajstić information content (AvgIpc) is 2.99. The molecular formula is C13H20N2O2S. The van der Waals surface area contributed by atoms with E-state index in [0.29, 0.717) is 12.5 Å². The van der Waals surface area contributed by atoms with Crippen LogP contribution in [0.2, 0.25) is 0 Å². The molecule has 0 amide bonds. The van der Waals surface area contributed by atoms with E-state index in [1.54, 1.807) is 11.3 Å². The van der Waals surface area contributed by atoms with Crippen molar-refractivity contribution in [3.05, 3.63) is 22.4 Å². The lowest BCUT2D eigenvalue weighted by molar-refractivity contribution is -0.141. The highest BCUT2D eigenvalue weighted by Crippen LogP contribution is 2.24. The van der Waals surface area contributed by atoms with E-state index in [2.05, 4.69) is 23.3 Å². The SMILES string of the molecule is COC(=O)CC(NC1CCN(C)C1)c1cccs1. The molecule has 1 N–H and O–H groups in total. The Bertz CT molecular complexity index is 380. The van der Waals surface area contributed by atoms with Crippen LogP contribution in [-0.2, 0) is 9.53 Å². The molecule has 1 saturated heterocycles. The monoisotopic (exact) mass is 268 g/mol. The molecular weight excluding hydrogens is 248 g/mol. The molecule has 0 saturated carbocycles. The van der Waals surface area contributed by atoms with Crippen LogP contribution in [0.1, 0.15) is 23.8 Å². The molecule has 2 rings (SSSR count). The van der Waals surface area contributed by atoms with Crippen molar-refractivity contribution in [3.63, 3.8) is 0 Å². The molecule has 0 spiro atoms. The number of rotatable bonds is 5. The first kappa shape index (κ1) is 13.5. The number of nitrogens with zero attached hydrogens (tertiary/aromatic N) is 1. The zero-order chi connectivity index (χ0) is 13.0. The van der Waals surface area contributed by atoms with Gasteiger partial charge in [-0.2, -0.15) is 0 Å². The predicted octanol–water partition coefficient (Wildman–Crippen LogP) is 1.65. The Kier molecular flexibility index (Phi) is 4.74. The highest BCUT2D eigenvalue weighted by molar-refractivity contribution is 7.10. The topological polar surface area (TPSA) is 41.6 Å². The van der Waals surface area contributed by atoms with Crippen LogP contribution >= 0.6 is 11.3 Å². The summed E-state index contributed by atoms with van der Waals surface area (Å²) in [5.41, 5.74) is 0. The summed E-state index contributed by atoms with van der Waals surface area (Å²) in [5.74, 6) is -0.160. The largest absolute Gasteiger partial charge is 0.469 e. The van der Waals surface area contributed by atoms with E-state index in [-0.39, 0.29) is 12.0 Å². The van der Waals surface area contributed by atoms with Crippen molar-refractivity contribution in [2.75, 3.05) is 27.2 Å². The lowest BCUT2D eigenvalue weighted by atomic mass is 10.1. The van der Waals surface area contributed by atoms with Crippen LogP contribution in [-0.4, -0.2) is 44.2 Å². The van der Waals surface area contributed by atoms with Gasteiger partial charge in [0.15, 0.2) is 0 Å². The standard InChI is InChI=1S/C13H20N2O2S/c1-15-6-5-10(9-15)14-11(8-13(16)17-2)12-4-3-7-18-12/h3-4,7,10-11,14H,5-6,8-9H2,1-2H3. The Balaban J connectivity index is 1.98. The van der Waals surface area contributed by atoms with E-state index >= 15 is 0 Å². The quantitative estimate of drug-likeness (QED) is 0.825. The van der Waals surface area contributed by atoms with Gasteiger partial charge in [0.2, 0.25) is 0 Å². The molecule has 0 radical (unpaired) electrons. The number of ether oxygens (including phenoxy) is 1. The zero-order valence-corrected chi connectivity index (χ0v) is 11.7. The van der Waals surface area contributed by atoms with Crippen molar-refractivity contribution >= 4 is 17.3 Å². The van der Waals surface area contributed by atoms with Crippen molar-refractivity contribution in [2.24, 2.45) is 0 Å². The number of methoxy groups -OCH3 is 1. The average molecular weight is 268 g/mol. The molecule has 100 valence electrons. The summed E-state index contributed by atoms with van der Waals surface area (Å²) in [7, 11) is 3.57. The number of hydrogen-bond donors (Lipinski definition) is 1. The van der Waals surface area contributed by atoms with Crippen molar-refractivity contribution in [3.8, 4) is 0 Å². The molecule has 2 heterocycles. The highest BCUT2D eigenvalue weighted by atomic mass is 32.1. The molecule has 4 nitrogen and oxygen atoms in total. The number of carbonyl (C=O) groups excluding carboxylic acids is 1. The zero-order valence-electron chi connectivity index (χ0n) is 10.9. The molecule has 1 fully saturated rings. The van der Waals surface area contributed by atoms with Crippen LogP contribution < -0.4 is 5.32 Å². The van der Waals surface area contributed by atoms with Crippen molar-refractivity contribution in [2.45, 2.75) is 24.9 Å². The number of carbonyl (C=O) groups is 1. The number of likely N-dealkylation sites (N-methyl/N-ethyl adjacent to an activating group) is 1. The number of thiophene rings is 1. The smallest absolute Gasteiger partial charge is 0.307 e. The summed E-state index contributed by atoms with van der Waals surface area (Å²) >= 11 is 1.68. The van der Waals surface area contributed by atoms with Crippen molar-refractivity contribution in [1.29, 1.82) is 0 Å².